The van der Waals surface area contributed by atoms with E-state index < -0.39 is 0 Å². The predicted molar refractivity (Wildman–Crippen MR) is 57.2 cm³/mol. The van der Waals surface area contributed by atoms with Gasteiger partial charge in [0, 0.05) is 19.2 Å². The molecular weight excluding hydrogens is 174 g/mol. The molecule has 1 aromatic carbocycles. The fourth-order valence-electron chi connectivity index (χ4n) is 1.74. The summed E-state index contributed by atoms with van der Waals surface area (Å²) in [6.45, 7) is 3.98. The van der Waals surface area contributed by atoms with Crippen molar-refractivity contribution in [2.45, 2.75) is 25.5 Å². The maximum Gasteiger partial charge on any atom is 0.0949 e. The van der Waals surface area contributed by atoms with E-state index in [1.165, 1.54) is 5.56 Å². The Morgan fingerprint density at radius 1 is 1.29 bits per heavy atom. The topological polar surface area (TPSA) is 21.3 Å². The molecule has 2 heteroatoms. The Balaban J connectivity index is 2.04. The van der Waals surface area contributed by atoms with Gasteiger partial charge in [-0.1, -0.05) is 30.3 Å². The highest BCUT2D eigenvalue weighted by Gasteiger charge is 2.16. The molecule has 0 aromatic heterocycles. The van der Waals surface area contributed by atoms with Crippen LogP contribution in [0.2, 0.25) is 0 Å². The maximum absolute atomic E-state index is 5.80. The Morgan fingerprint density at radius 3 is 2.86 bits per heavy atom. The first-order valence-corrected chi connectivity index (χ1v) is 5.26. The molecule has 1 aliphatic rings. The normalized spacial score (nSPS) is 28.4. The Labute approximate surface area is 85.3 Å². The molecule has 14 heavy (non-hydrogen) atoms. The number of ether oxygens (including phenoxy) is 1. The Bertz CT molecular complexity index is 273. The van der Waals surface area contributed by atoms with Gasteiger partial charge in [0.15, 0.2) is 0 Å². The summed E-state index contributed by atoms with van der Waals surface area (Å²) < 4.78 is 5.80. The zero-order chi connectivity index (χ0) is 9.80. The van der Waals surface area contributed by atoms with Crippen LogP contribution in [0.4, 0.5) is 0 Å². The van der Waals surface area contributed by atoms with Crippen LogP contribution < -0.4 is 5.32 Å². The van der Waals surface area contributed by atoms with Crippen molar-refractivity contribution in [3.8, 4) is 0 Å². The first-order chi connectivity index (χ1) is 6.86. The molecule has 0 bridgehead atoms. The molecule has 1 fully saturated rings. The van der Waals surface area contributed by atoms with Crippen molar-refractivity contribution < 1.29 is 4.74 Å². The first kappa shape index (κ1) is 9.69. The molecule has 1 aliphatic heterocycles. The fraction of sp³-hybridized carbons (Fsp3) is 0.500. The molecular formula is C12H17NO. The molecule has 2 atom stereocenters. The summed E-state index contributed by atoms with van der Waals surface area (Å²) in [6, 6.07) is 11.0. The molecule has 2 rings (SSSR count). The lowest BCUT2D eigenvalue weighted by Gasteiger charge is -2.15. The van der Waals surface area contributed by atoms with Crippen LogP contribution in [0.3, 0.4) is 0 Å². The number of benzene rings is 1. The summed E-state index contributed by atoms with van der Waals surface area (Å²) in [5.41, 5.74) is 1.27. The van der Waals surface area contributed by atoms with E-state index in [2.05, 4.69) is 36.5 Å². The molecule has 0 radical (unpaired) electrons. The summed E-state index contributed by atoms with van der Waals surface area (Å²) in [5, 5.41) is 3.47. The second kappa shape index (κ2) is 4.58. The van der Waals surface area contributed by atoms with Crippen LogP contribution in [0.15, 0.2) is 30.3 Å². The van der Waals surface area contributed by atoms with Gasteiger partial charge in [0.25, 0.3) is 0 Å². The van der Waals surface area contributed by atoms with Crippen molar-refractivity contribution in [2.24, 2.45) is 0 Å². The lowest BCUT2D eigenvalue weighted by atomic mass is 10.1. The van der Waals surface area contributed by atoms with Gasteiger partial charge in [-0.05, 0) is 18.9 Å². The monoisotopic (exact) mass is 191 g/mol. The standard InChI is InChI=1S/C12H17NO/c1-10-7-8-14-12(9-13-10)11-5-3-2-4-6-11/h2-6,10,12-13H,7-9H2,1H3. The first-order valence-electron chi connectivity index (χ1n) is 5.26. The molecule has 2 unspecified atom stereocenters. The highest BCUT2D eigenvalue weighted by Crippen LogP contribution is 2.18. The molecule has 0 amide bonds. The predicted octanol–water partition coefficient (Wildman–Crippen LogP) is 2.13. The second-order valence-electron chi connectivity index (χ2n) is 3.87. The van der Waals surface area contributed by atoms with Gasteiger partial charge in [-0.15, -0.1) is 0 Å². The average Bonchev–Trinajstić information content (AvgIpc) is 2.44. The van der Waals surface area contributed by atoms with Crippen molar-refractivity contribution in [1.29, 1.82) is 0 Å². The average molecular weight is 191 g/mol. The summed E-state index contributed by atoms with van der Waals surface area (Å²) in [7, 11) is 0. The summed E-state index contributed by atoms with van der Waals surface area (Å²) >= 11 is 0. The minimum absolute atomic E-state index is 0.223. The van der Waals surface area contributed by atoms with Crippen LogP contribution in [0, 0.1) is 0 Å². The smallest absolute Gasteiger partial charge is 0.0949 e. The van der Waals surface area contributed by atoms with Crippen LogP contribution >= 0.6 is 0 Å². The molecule has 1 saturated heterocycles. The van der Waals surface area contributed by atoms with Crippen molar-refractivity contribution in [3.05, 3.63) is 35.9 Å². The zero-order valence-corrected chi connectivity index (χ0v) is 8.57. The highest BCUT2D eigenvalue weighted by molar-refractivity contribution is 5.18. The van der Waals surface area contributed by atoms with E-state index in [0.29, 0.717) is 6.04 Å². The SMILES string of the molecule is CC1CCOC(c2ccccc2)CN1. The minimum Gasteiger partial charge on any atom is -0.372 e. The summed E-state index contributed by atoms with van der Waals surface area (Å²) in [4.78, 5) is 0. The maximum atomic E-state index is 5.80. The van der Waals surface area contributed by atoms with E-state index in [1.807, 2.05) is 6.07 Å². The van der Waals surface area contributed by atoms with Gasteiger partial charge in [0.2, 0.25) is 0 Å². The Kier molecular flexibility index (Phi) is 3.17. The third kappa shape index (κ3) is 2.34. The molecule has 0 saturated carbocycles. The van der Waals surface area contributed by atoms with Crippen LogP contribution in [-0.4, -0.2) is 19.2 Å². The third-order valence-corrected chi connectivity index (χ3v) is 2.69. The van der Waals surface area contributed by atoms with Gasteiger partial charge in [-0.3, -0.25) is 0 Å². The van der Waals surface area contributed by atoms with E-state index in [1.54, 1.807) is 0 Å². The van der Waals surface area contributed by atoms with Crippen LogP contribution in [0.5, 0.6) is 0 Å². The Hall–Kier alpha value is -0.860. The number of rotatable bonds is 1. The van der Waals surface area contributed by atoms with Crippen LogP contribution in [0.25, 0.3) is 0 Å². The number of hydrogen-bond donors (Lipinski definition) is 1. The highest BCUT2D eigenvalue weighted by atomic mass is 16.5. The Morgan fingerprint density at radius 2 is 2.07 bits per heavy atom. The fourth-order valence-corrected chi connectivity index (χ4v) is 1.74. The molecule has 1 N–H and O–H groups in total. The van der Waals surface area contributed by atoms with Gasteiger partial charge in [-0.2, -0.15) is 0 Å². The molecule has 76 valence electrons. The molecule has 2 nitrogen and oxygen atoms in total. The molecule has 0 spiro atoms. The van der Waals surface area contributed by atoms with Crippen molar-refractivity contribution >= 4 is 0 Å². The van der Waals surface area contributed by atoms with Gasteiger partial charge in [-0.25, -0.2) is 0 Å². The van der Waals surface area contributed by atoms with E-state index in [0.717, 1.165) is 19.6 Å². The van der Waals surface area contributed by atoms with E-state index in [4.69, 9.17) is 4.74 Å². The quantitative estimate of drug-likeness (QED) is 0.734. The third-order valence-electron chi connectivity index (χ3n) is 2.69. The van der Waals surface area contributed by atoms with Crippen molar-refractivity contribution in [3.63, 3.8) is 0 Å². The lowest BCUT2D eigenvalue weighted by Crippen LogP contribution is -2.27. The largest absolute Gasteiger partial charge is 0.372 e. The van der Waals surface area contributed by atoms with Gasteiger partial charge < -0.3 is 10.1 Å². The van der Waals surface area contributed by atoms with E-state index in [9.17, 15) is 0 Å². The van der Waals surface area contributed by atoms with Gasteiger partial charge >= 0.3 is 0 Å². The summed E-state index contributed by atoms with van der Waals surface area (Å²) in [5.74, 6) is 0. The van der Waals surface area contributed by atoms with Crippen molar-refractivity contribution in [1.82, 2.24) is 5.32 Å². The van der Waals surface area contributed by atoms with Crippen LogP contribution in [0.1, 0.15) is 25.0 Å². The number of nitrogens with one attached hydrogen (secondary N) is 1. The second-order valence-corrected chi connectivity index (χ2v) is 3.87. The van der Waals surface area contributed by atoms with E-state index in [-0.39, 0.29) is 6.10 Å². The van der Waals surface area contributed by atoms with Gasteiger partial charge in [0.05, 0.1) is 6.10 Å². The van der Waals surface area contributed by atoms with Crippen molar-refractivity contribution in [2.75, 3.05) is 13.2 Å². The molecule has 1 heterocycles. The lowest BCUT2D eigenvalue weighted by molar-refractivity contribution is 0.0665. The van der Waals surface area contributed by atoms with E-state index >= 15 is 0 Å². The molecule has 0 aliphatic carbocycles. The van der Waals surface area contributed by atoms with Gasteiger partial charge in [0.1, 0.15) is 0 Å². The number of hydrogen-bond acceptors (Lipinski definition) is 2. The molecule has 1 aromatic rings. The summed E-state index contributed by atoms with van der Waals surface area (Å²) in [6.07, 6.45) is 1.32. The zero-order valence-electron chi connectivity index (χ0n) is 8.57. The van der Waals surface area contributed by atoms with Crippen LogP contribution in [-0.2, 0) is 4.74 Å². The minimum atomic E-state index is 0.223.